The topological polar surface area (TPSA) is 24.7 Å². The Hall–Kier alpha value is 0.0700. The lowest BCUT2D eigenvalue weighted by Crippen LogP contribution is -2.22. The Morgan fingerprint density at radius 3 is 2.09 bits per heavy atom. The molecule has 0 fully saturated rings. The van der Waals surface area contributed by atoms with Crippen molar-refractivity contribution in [1.82, 2.24) is 0 Å². The molecule has 1 heterocycles. The van der Waals surface area contributed by atoms with E-state index in [-0.39, 0.29) is 5.54 Å². The summed E-state index contributed by atoms with van der Waals surface area (Å²) in [5, 5.41) is 8.42. The third-order valence-corrected chi connectivity index (χ3v) is 4.07. The average molecular weight is 264 g/mol. The minimum absolute atomic E-state index is 0.0324. The van der Waals surface area contributed by atoms with E-state index in [0.717, 1.165) is 18.5 Å². The highest BCUT2D eigenvalue weighted by Gasteiger charge is 2.34. The Morgan fingerprint density at radius 1 is 1.36 bits per heavy atom. The number of azo groups is 1. The second-order valence-corrected chi connectivity index (χ2v) is 3.92. The van der Waals surface area contributed by atoms with Gasteiger partial charge in [-0.05, 0) is 42.4 Å². The van der Waals surface area contributed by atoms with Crippen LogP contribution in [0.1, 0.15) is 33.6 Å². The van der Waals surface area contributed by atoms with E-state index < -0.39 is 0 Å². The zero-order chi connectivity index (χ0) is 8.48. The van der Waals surface area contributed by atoms with Gasteiger partial charge in [0.15, 0.2) is 0 Å². The second-order valence-electron chi connectivity index (χ2n) is 2.84. The zero-order valence-electron chi connectivity index (χ0n) is 7.19. The maximum Gasteiger partial charge on any atom is 0.114 e. The van der Waals surface area contributed by atoms with Crippen molar-refractivity contribution in [2.75, 3.05) is 0 Å². The summed E-state index contributed by atoms with van der Waals surface area (Å²) in [6.07, 6.45) is 2.12. The van der Waals surface area contributed by atoms with E-state index in [1.165, 1.54) is 3.58 Å². The summed E-state index contributed by atoms with van der Waals surface area (Å²) >= 11 is 2.36. The average Bonchev–Trinajstić information content (AvgIpc) is 2.32. The molecule has 1 aliphatic rings. The Labute approximate surface area is 81.3 Å². The molecule has 0 spiro atoms. The van der Waals surface area contributed by atoms with Gasteiger partial charge in [-0.3, -0.25) is 0 Å². The first-order valence-corrected chi connectivity index (χ1v) is 5.04. The molecule has 0 radical (unpaired) electrons. The molecule has 3 heteroatoms. The molecule has 0 unspecified atom stereocenters. The van der Waals surface area contributed by atoms with Crippen molar-refractivity contribution in [2.24, 2.45) is 10.2 Å². The fourth-order valence-electron chi connectivity index (χ4n) is 1.30. The maximum atomic E-state index is 4.31. The Balaban J connectivity index is 2.98. The standard InChI is InChI=1S/C8H13IN2/c1-4-8(5-2)7(9)6(3)10-11-8/h4-5H2,1-3H3. The van der Waals surface area contributed by atoms with E-state index in [0.29, 0.717) is 0 Å². The number of rotatable bonds is 2. The smallest absolute Gasteiger partial charge is 0.114 e. The van der Waals surface area contributed by atoms with E-state index in [4.69, 9.17) is 0 Å². The number of hydrogen-bond donors (Lipinski definition) is 0. The number of hydrogen-bond acceptors (Lipinski definition) is 2. The van der Waals surface area contributed by atoms with Gasteiger partial charge in [0.2, 0.25) is 0 Å². The molecule has 0 aromatic carbocycles. The molecule has 1 aliphatic heterocycles. The van der Waals surface area contributed by atoms with Gasteiger partial charge < -0.3 is 0 Å². The Morgan fingerprint density at radius 2 is 1.91 bits per heavy atom. The van der Waals surface area contributed by atoms with Crippen LogP contribution in [0.25, 0.3) is 0 Å². The van der Waals surface area contributed by atoms with Crippen LogP contribution in [0.4, 0.5) is 0 Å². The van der Waals surface area contributed by atoms with Gasteiger partial charge in [0.1, 0.15) is 5.54 Å². The molecule has 0 aromatic heterocycles. The van der Waals surface area contributed by atoms with Crippen LogP contribution in [-0.2, 0) is 0 Å². The van der Waals surface area contributed by atoms with Crippen LogP contribution < -0.4 is 0 Å². The van der Waals surface area contributed by atoms with E-state index in [2.05, 4.69) is 46.7 Å². The molecule has 0 aromatic rings. The quantitative estimate of drug-likeness (QED) is 0.680. The third kappa shape index (κ3) is 1.35. The molecule has 62 valence electrons. The number of halogens is 1. The van der Waals surface area contributed by atoms with E-state index in [9.17, 15) is 0 Å². The second kappa shape index (κ2) is 3.21. The monoisotopic (exact) mass is 264 g/mol. The lowest BCUT2D eigenvalue weighted by Gasteiger charge is -2.21. The van der Waals surface area contributed by atoms with Gasteiger partial charge >= 0.3 is 0 Å². The molecular formula is C8H13IN2. The predicted octanol–water partition coefficient (Wildman–Crippen LogP) is 3.68. The molecule has 0 atom stereocenters. The SMILES string of the molecule is CCC1(CC)N=NC(C)=C1I. The van der Waals surface area contributed by atoms with E-state index >= 15 is 0 Å². The molecule has 0 amide bonds. The van der Waals surface area contributed by atoms with Crippen LogP contribution in [0.2, 0.25) is 0 Å². The summed E-state index contributed by atoms with van der Waals surface area (Å²) in [7, 11) is 0. The molecule has 0 saturated heterocycles. The van der Waals surface area contributed by atoms with Crippen molar-refractivity contribution in [2.45, 2.75) is 39.2 Å². The highest BCUT2D eigenvalue weighted by atomic mass is 127. The summed E-state index contributed by atoms with van der Waals surface area (Å²) in [5.41, 5.74) is 1.12. The summed E-state index contributed by atoms with van der Waals surface area (Å²) < 4.78 is 1.32. The van der Waals surface area contributed by atoms with Gasteiger partial charge in [-0.1, -0.05) is 13.8 Å². The molecule has 0 bridgehead atoms. The molecule has 0 N–H and O–H groups in total. The van der Waals surface area contributed by atoms with Crippen molar-refractivity contribution in [1.29, 1.82) is 0 Å². The van der Waals surface area contributed by atoms with Crippen LogP contribution in [0.5, 0.6) is 0 Å². The summed E-state index contributed by atoms with van der Waals surface area (Å²) in [5.74, 6) is 0. The largest absolute Gasteiger partial charge is 0.177 e. The first kappa shape index (κ1) is 9.16. The van der Waals surface area contributed by atoms with Gasteiger partial charge in [-0.15, -0.1) is 0 Å². The van der Waals surface area contributed by atoms with E-state index in [1.807, 2.05) is 6.92 Å². The van der Waals surface area contributed by atoms with Gasteiger partial charge in [-0.25, -0.2) is 0 Å². The van der Waals surface area contributed by atoms with Gasteiger partial charge in [0.05, 0.1) is 5.70 Å². The van der Waals surface area contributed by atoms with Crippen molar-refractivity contribution in [3.8, 4) is 0 Å². The van der Waals surface area contributed by atoms with Crippen molar-refractivity contribution < 1.29 is 0 Å². The zero-order valence-corrected chi connectivity index (χ0v) is 9.34. The first-order valence-electron chi connectivity index (χ1n) is 3.96. The van der Waals surface area contributed by atoms with E-state index in [1.54, 1.807) is 0 Å². The van der Waals surface area contributed by atoms with Crippen molar-refractivity contribution >= 4 is 22.6 Å². The van der Waals surface area contributed by atoms with Crippen LogP contribution in [0, 0.1) is 0 Å². The minimum Gasteiger partial charge on any atom is -0.177 e. The third-order valence-electron chi connectivity index (χ3n) is 2.29. The van der Waals surface area contributed by atoms with Crippen LogP contribution >= 0.6 is 22.6 Å². The Bertz CT molecular complexity index is 214. The minimum atomic E-state index is 0.0324. The first-order chi connectivity index (χ1) is 5.16. The fourth-order valence-corrected chi connectivity index (χ4v) is 2.28. The molecule has 2 nitrogen and oxygen atoms in total. The van der Waals surface area contributed by atoms with Gasteiger partial charge in [-0.2, -0.15) is 10.2 Å². The molecular weight excluding hydrogens is 251 g/mol. The van der Waals surface area contributed by atoms with Crippen LogP contribution in [-0.4, -0.2) is 5.54 Å². The highest BCUT2D eigenvalue weighted by molar-refractivity contribution is 14.1. The van der Waals surface area contributed by atoms with Crippen molar-refractivity contribution in [3.05, 3.63) is 9.28 Å². The van der Waals surface area contributed by atoms with Crippen molar-refractivity contribution in [3.63, 3.8) is 0 Å². The van der Waals surface area contributed by atoms with Crippen LogP contribution in [0.3, 0.4) is 0 Å². The van der Waals surface area contributed by atoms with Gasteiger partial charge in [0.25, 0.3) is 0 Å². The summed E-state index contributed by atoms with van der Waals surface area (Å²) in [6.45, 7) is 6.36. The maximum absolute atomic E-state index is 4.31. The number of nitrogens with zero attached hydrogens (tertiary/aromatic N) is 2. The predicted molar refractivity (Wildman–Crippen MR) is 54.9 cm³/mol. The lowest BCUT2D eigenvalue weighted by atomic mass is 9.94. The normalized spacial score (nSPS) is 21.5. The highest BCUT2D eigenvalue weighted by Crippen LogP contribution is 2.41. The molecule has 0 saturated carbocycles. The molecule has 1 rings (SSSR count). The summed E-state index contributed by atoms with van der Waals surface area (Å²) in [4.78, 5) is 0. The fraction of sp³-hybridized carbons (Fsp3) is 0.750. The number of allylic oxidation sites excluding steroid dienone is 1. The van der Waals surface area contributed by atoms with Gasteiger partial charge in [0, 0.05) is 3.58 Å². The van der Waals surface area contributed by atoms with Crippen LogP contribution in [0.15, 0.2) is 19.5 Å². The lowest BCUT2D eigenvalue weighted by molar-refractivity contribution is 0.486. The summed E-state index contributed by atoms with van der Waals surface area (Å²) in [6, 6.07) is 0. The Kier molecular flexibility index (Phi) is 2.67. The molecule has 11 heavy (non-hydrogen) atoms. The molecule has 0 aliphatic carbocycles.